The second-order valence-electron chi connectivity index (χ2n) is 6.73. The van der Waals surface area contributed by atoms with E-state index in [9.17, 15) is 13.2 Å². The molecule has 9 heteroatoms. The maximum Gasteiger partial charge on any atom is 0.322 e. The van der Waals surface area contributed by atoms with Crippen LogP contribution in [-0.4, -0.2) is 41.9 Å². The highest BCUT2D eigenvalue weighted by Crippen LogP contribution is 2.17. The molecular formula is C21H24N4O4S. The van der Waals surface area contributed by atoms with Crippen molar-refractivity contribution in [2.24, 2.45) is 0 Å². The van der Waals surface area contributed by atoms with E-state index in [1.54, 1.807) is 13.8 Å². The molecule has 0 fully saturated rings. The third kappa shape index (κ3) is 4.92. The van der Waals surface area contributed by atoms with Gasteiger partial charge in [0, 0.05) is 18.7 Å². The van der Waals surface area contributed by atoms with Crippen molar-refractivity contribution in [3.8, 4) is 0 Å². The number of carbonyl (C=O) groups is 1. The molecule has 2 aromatic carbocycles. The molecule has 1 heterocycles. The Morgan fingerprint density at radius 2 is 1.63 bits per heavy atom. The molecule has 0 bridgehead atoms. The van der Waals surface area contributed by atoms with Crippen molar-refractivity contribution in [1.82, 2.24) is 14.5 Å². The Bertz CT molecular complexity index is 1100. The first-order chi connectivity index (χ1) is 14.3. The fraction of sp³-hybridized carbons (Fsp3) is 0.286. The number of aromatic nitrogens is 2. The molecule has 0 unspecified atom stereocenters. The molecule has 0 saturated carbocycles. The number of carbonyl (C=O) groups excluding carboxylic acids is 1. The molecule has 158 valence electrons. The van der Waals surface area contributed by atoms with Crippen LogP contribution in [0.5, 0.6) is 0 Å². The average molecular weight is 429 g/mol. The van der Waals surface area contributed by atoms with Crippen LogP contribution in [0.15, 0.2) is 57.8 Å². The molecule has 3 rings (SSSR count). The minimum Gasteiger partial charge on any atom is -0.407 e. The number of hydrogen-bond acceptors (Lipinski definition) is 6. The van der Waals surface area contributed by atoms with Gasteiger partial charge in [-0.05, 0) is 36.8 Å². The molecule has 1 aromatic heterocycles. The fourth-order valence-electron chi connectivity index (χ4n) is 2.92. The molecule has 0 atom stereocenters. The zero-order valence-corrected chi connectivity index (χ0v) is 17.9. The van der Waals surface area contributed by atoms with Gasteiger partial charge in [0.15, 0.2) is 0 Å². The predicted octanol–water partition coefficient (Wildman–Crippen LogP) is 3.25. The number of nitrogens with one attached hydrogen (secondary N) is 1. The summed E-state index contributed by atoms with van der Waals surface area (Å²) >= 11 is 0. The highest BCUT2D eigenvalue weighted by atomic mass is 32.2. The number of anilines is 1. The Hall–Kier alpha value is -3.04. The van der Waals surface area contributed by atoms with Gasteiger partial charge in [-0.3, -0.25) is 10.1 Å². The highest BCUT2D eigenvalue weighted by molar-refractivity contribution is 7.89. The van der Waals surface area contributed by atoms with E-state index < -0.39 is 15.9 Å². The van der Waals surface area contributed by atoms with Gasteiger partial charge in [-0.15, -0.1) is 5.10 Å². The molecule has 3 aromatic rings. The van der Waals surface area contributed by atoms with Crippen LogP contribution in [0.3, 0.4) is 0 Å². The summed E-state index contributed by atoms with van der Waals surface area (Å²) in [4.78, 5) is 12.6. The zero-order valence-electron chi connectivity index (χ0n) is 17.1. The lowest BCUT2D eigenvalue weighted by Gasteiger charge is -2.18. The van der Waals surface area contributed by atoms with Gasteiger partial charge in [0.25, 0.3) is 5.91 Å². The molecule has 8 nitrogen and oxygen atoms in total. The quantitative estimate of drug-likeness (QED) is 0.590. The summed E-state index contributed by atoms with van der Waals surface area (Å²) in [5.74, 6) is -0.0814. The standard InChI is InChI=1S/C21H24N4O4S/c1-4-25(5-2)30(27,28)18-12-10-17(11-13-18)20(26)22-21-24-23-19(29-21)14-16-8-6-15(3)7-9-16/h6-13H,4-5,14H2,1-3H3,(H,22,24,26). The van der Waals surface area contributed by atoms with E-state index in [2.05, 4.69) is 15.5 Å². The van der Waals surface area contributed by atoms with E-state index in [4.69, 9.17) is 4.42 Å². The van der Waals surface area contributed by atoms with Crippen LogP contribution in [0.1, 0.15) is 41.2 Å². The lowest BCUT2D eigenvalue weighted by Crippen LogP contribution is -2.30. The molecule has 0 saturated heterocycles. The van der Waals surface area contributed by atoms with E-state index in [0.717, 1.165) is 11.1 Å². The Morgan fingerprint density at radius 1 is 1.00 bits per heavy atom. The van der Waals surface area contributed by atoms with Crippen LogP contribution in [0.25, 0.3) is 0 Å². The van der Waals surface area contributed by atoms with Crippen LogP contribution in [0.2, 0.25) is 0 Å². The summed E-state index contributed by atoms with van der Waals surface area (Å²) in [7, 11) is -3.57. The van der Waals surface area contributed by atoms with Crippen LogP contribution in [0.4, 0.5) is 6.01 Å². The molecule has 30 heavy (non-hydrogen) atoms. The lowest BCUT2D eigenvalue weighted by atomic mass is 10.1. The minimum absolute atomic E-state index is 0.0121. The Morgan fingerprint density at radius 3 is 2.23 bits per heavy atom. The molecule has 0 radical (unpaired) electrons. The first-order valence-corrected chi connectivity index (χ1v) is 11.1. The number of aryl methyl sites for hydroxylation is 1. The third-order valence-electron chi connectivity index (χ3n) is 4.62. The van der Waals surface area contributed by atoms with Crippen molar-refractivity contribution >= 4 is 21.9 Å². The number of nitrogens with zero attached hydrogens (tertiary/aromatic N) is 3. The second kappa shape index (κ2) is 9.19. The Balaban J connectivity index is 1.66. The van der Waals surface area contributed by atoms with Gasteiger partial charge in [-0.25, -0.2) is 8.42 Å². The minimum atomic E-state index is -3.57. The Kier molecular flexibility index (Phi) is 6.63. The number of sulfonamides is 1. The maximum absolute atomic E-state index is 12.5. The number of hydrogen-bond donors (Lipinski definition) is 1. The summed E-state index contributed by atoms with van der Waals surface area (Å²) in [5, 5.41) is 10.3. The highest BCUT2D eigenvalue weighted by Gasteiger charge is 2.22. The van der Waals surface area contributed by atoms with E-state index in [1.807, 2.05) is 31.2 Å². The predicted molar refractivity (Wildman–Crippen MR) is 113 cm³/mol. The van der Waals surface area contributed by atoms with E-state index in [0.29, 0.717) is 25.4 Å². The summed E-state index contributed by atoms with van der Waals surface area (Å²) in [6.45, 7) is 6.32. The van der Waals surface area contributed by atoms with Crippen molar-refractivity contribution < 1.29 is 17.6 Å². The van der Waals surface area contributed by atoms with Gasteiger partial charge >= 0.3 is 6.01 Å². The molecule has 1 amide bonds. The van der Waals surface area contributed by atoms with Crippen LogP contribution in [-0.2, 0) is 16.4 Å². The first-order valence-electron chi connectivity index (χ1n) is 9.63. The number of benzene rings is 2. The summed E-state index contributed by atoms with van der Waals surface area (Å²) in [6, 6.07) is 13.7. The largest absolute Gasteiger partial charge is 0.407 e. The van der Waals surface area contributed by atoms with E-state index >= 15 is 0 Å². The summed E-state index contributed by atoms with van der Waals surface area (Å²) in [6.07, 6.45) is 0.459. The van der Waals surface area contributed by atoms with Crippen molar-refractivity contribution in [2.75, 3.05) is 18.4 Å². The van der Waals surface area contributed by atoms with Crippen LogP contribution < -0.4 is 5.32 Å². The van der Waals surface area contributed by atoms with Gasteiger partial charge in [-0.2, -0.15) is 4.31 Å². The van der Waals surface area contributed by atoms with Gasteiger partial charge in [-0.1, -0.05) is 48.8 Å². The molecule has 0 spiro atoms. The normalized spacial score (nSPS) is 11.6. The van der Waals surface area contributed by atoms with Gasteiger partial charge < -0.3 is 4.42 Å². The SMILES string of the molecule is CCN(CC)S(=O)(=O)c1ccc(C(=O)Nc2nnc(Cc3ccc(C)cc3)o2)cc1. The van der Waals surface area contributed by atoms with Crippen molar-refractivity contribution in [1.29, 1.82) is 0 Å². The first kappa shape index (κ1) is 21.7. The fourth-order valence-corrected chi connectivity index (χ4v) is 4.37. The van der Waals surface area contributed by atoms with Gasteiger partial charge in [0.2, 0.25) is 15.9 Å². The molecule has 0 aliphatic heterocycles. The molecular weight excluding hydrogens is 404 g/mol. The molecule has 1 N–H and O–H groups in total. The van der Waals surface area contributed by atoms with Gasteiger partial charge in [0.05, 0.1) is 11.3 Å². The maximum atomic E-state index is 12.5. The van der Waals surface area contributed by atoms with E-state index in [1.165, 1.54) is 28.6 Å². The van der Waals surface area contributed by atoms with Gasteiger partial charge in [0.1, 0.15) is 0 Å². The van der Waals surface area contributed by atoms with E-state index in [-0.39, 0.29) is 16.5 Å². The number of amides is 1. The average Bonchev–Trinajstić information content (AvgIpc) is 3.17. The van der Waals surface area contributed by atoms with Crippen molar-refractivity contribution in [2.45, 2.75) is 32.1 Å². The topological polar surface area (TPSA) is 105 Å². The summed E-state index contributed by atoms with van der Waals surface area (Å²) < 4.78 is 31.9. The Labute approximate surface area is 176 Å². The smallest absolute Gasteiger partial charge is 0.322 e. The molecule has 0 aliphatic carbocycles. The van der Waals surface area contributed by atoms with Crippen molar-refractivity contribution in [3.05, 3.63) is 71.1 Å². The molecule has 0 aliphatic rings. The number of rotatable bonds is 8. The monoisotopic (exact) mass is 428 g/mol. The van der Waals surface area contributed by atoms with Crippen LogP contribution in [0, 0.1) is 6.92 Å². The van der Waals surface area contributed by atoms with Crippen LogP contribution >= 0.6 is 0 Å². The zero-order chi connectivity index (χ0) is 21.7. The summed E-state index contributed by atoms with van der Waals surface area (Å²) in [5.41, 5.74) is 2.46. The second-order valence-corrected chi connectivity index (χ2v) is 8.67. The third-order valence-corrected chi connectivity index (χ3v) is 6.69. The lowest BCUT2D eigenvalue weighted by molar-refractivity contribution is 0.102. The van der Waals surface area contributed by atoms with Crippen molar-refractivity contribution in [3.63, 3.8) is 0 Å².